The van der Waals surface area contributed by atoms with E-state index in [-0.39, 0.29) is 0 Å². The molecule has 0 spiro atoms. The monoisotopic (exact) mass is 224 g/mol. The maximum absolute atomic E-state index is 6.17. The van der Waals surface area contributed by atoms with Crippen molar-refractivity contribution in [1.82, 2.24) is 4.90 Å². The smallest absolute Gasteiger partial charge is 0.0359 e. The first-order valence-electron chi connectivity index (χ1n) is 7.28. The Kier molecular flexibility index (Phi) is 4.26. The maximum atomic E-state index is 6.17. The van der Waals surface area contributed by atoms with E-state index in [1.54, 1.807) is 0 Å². The van der Waals surface area contributed by atoms with E-state index < -0.39 is 0 Å². The maximum Gasteiger partial charge on any atom is 0.0359 e. The molecule has 2 N–H and O–H groups in total. The van der Waals surface area contributed by atoms with Crippen molar-refractivity contribution in [2.24, 2.45) is 11.7 Å². The van der Waals surface area contributed by atoms with Crippen molar-refractivity contribution in [2.75, 3.05) is 19.6 Å². The fraction of sp³-hybridized carbons (Fsp3) is 1.00. The molecule has 1 aliphatic heterocycles. The van der Waals surface area contributed by atoms with Crippen LogP contribution in [0.3, 0.4) is 0 Å². The van der Waals surface area contributed by atoms with Crippen LogP contribution in [0.2, 0.25) is 0 Å². The van der Waals surface area contributed by atoms with Gasteiger partial charge in [0.15, 0.2) is 0 Å². The summed E-state index contributed by atoms with van der Waals surface area (Å²) in [6, 6.07) is 0. The molecule has 0 aromatic heterocycles. The van der Waals surface area contributed by atoms with Gasteiger partial charge in [-0.05, 0) is 44.7 Å². The molecule has 1 saturated heterocycles. The number of likely N-dealkylation sites (tertiary alicyclic amines) is 1. The number of nitrogens with zero attached hydrogens (tertiary/aromatic N) is 1. The molecule has 2 fully saturated rings. The van der Waals surface area contributed by atoms with Gasteiger partial charge in [0.1, 0.15) is 0 Å². The fourth-order valence-electron chi connectivity index (χ4n) is 4.04. The summed E-state index contributed by atoms with van der Waals surface area (Å²) < 4.78 is 0. The average molecular weight is 224 g/mol. The van der Waals surface area contributed by atoms with Crippen LogP contribution in [-0.2, 0) is 0 Å². The number of nitrogens with two attached hydrogens (primary N) is 1. The molecular formula is C14H28N2. The average Bonchev–Trinajstić information content (AvgIpc) is 2.55. The highest BCUT2D eigenvalue weighted by Gasteiger charge is 2.44. The molecule has 1 saturated carbocycles. The molecule has 2 unspecified atom stereocenters. The Bertz CT molecular complexity index is 209. The lowest BCUT2D eigenvalue weighted by Crippen LogP contribution is -2.56. The minimum Gasteiger partial charge on any atom is -0.329 e. The molecule has 2 atom stereocenters. The molecule has 16 heavy (non-hydrogen) atoms. The van der Waals surface area contributed by atoms with Crippen molar-refractivity contribution >= 4 is 0 Å². The third kappa shape index (κ3) is 2.14. The number of rotatable bonds is 3. The van der Waals surface area contributed by atoms with Crippen molar-refractivity contribution in [1.29, 1.82) is 0 Å². The normalized spacial score (nSPS) is 37.5. The molecule has 2 heteroatoms. The molecule has 0 amide bonds. The van der Waals surface area contributed by atoms with E-state index in [1.807, 2.05) is 0 Å². The largest absolute Gasteiger partial charge is 0.329 e. The first-order chi connectivity index (χ1) is 7.83. The van der Waals surface area contributed by atoms with E-state index in [2.05, 4.69) is 11.8 Å². The van der Waals surface area contributed by atoms with E-state index >= 15 is 0 Å². The summed E-state index contributed by atoms with van der Waals surface area (Å²) in [5.41, 5.74) is 6.55. The van der Waals surface area contributed by atoms with Gasteiger partial charge in [-0.2, -0.15) is 0 Å². The van der Waals surface area contributed by atoms with Crippen LogP contribution in [0.25, 0.3) is 0 Å². The molecule has 0 aromatic rings. The highest BCUT2D eigenvalue weighted by molar-refractivity contribution is 5.01. The Balaban J connectivity index is 2.11. The highest BCUT2D eigenvalue weighted by atomic mass is 15.2. The van der Waals surface area contributed by atoms with Gasteiger partial charge in [-0.15, -0.1) is 0 Å². The second kappa shape index (κ2) is 5.50. The van der Waals surface area contributed by atoms with E-state index in [9.17, 15) is 0 Å². The molecule has 94 valence electrons. The van der Waals surface area contributed by atoms with Crippen LogP contribution in [0.1, 0.15) is 58.3 Å². The standard InChI is InChI=1S/C14H28N2/c1-2-13-8-7-9-14(13,12-15)16-10-5-3-4-6-11-16/h13H,2-12,15H2,1H3. The Morgan fingerprint density at radius 1 is 1.12 bits per heavy atom. The summed E-state index contributed by atoms with van der Waals surface area (Å²) in [5.74, 6) is 0.857. The van der Waals surface area contributed by atoms with Crippen molar-refractivity contribution < 1.29 is 0 Å². The Labute approximate surface area is 101 Å². The van der Waals surface area contributed by atoms with Gasteiger partial charge in [0.25, 0.3) is 0 Å². The SMILES string of the molecule is CCC1CCCC1(CN)N1CCCCCC1. The van der Waals surface area contributed by atoms with Crippen LogP contribution in [0.4, 0.5) is 0 Å². The molecule has 0 radical (unpaired) electrons. The molecule has 2 nitrogen and oxygen atoms in total. The first kappa shape index (κ1) is 12.4. The predicted octanol–water partition coefficient (Wildman–Crippen LogP) is 2.77. The molecular weight excluding hydrogens is 196 g/mol. The predicted molar refractivity (Wildman–Crippen MR) is 69.5 cm³/mol. The lowest BCUT2D eigenvalue weighted by molar-refractivity contribution is 0.0588. The van der Waals surface area contributed by atoms with Crippen LogP contribution in [0, 0.1) is 5.92 Å². The minimum absolute atomic E-state index is 0.374. The zero-order chi connectivity index (χ0) is 11.4. The molecule has 0 aromatic carbocycles. The minimum atomic E-state index is 0.374. The molecule has 1 heterocycles. The van der Waals surface area contributed by atoms with Gasteiger partial charge in [0.2, 0.25) is 0 Å². The van der Waals surface area contributed by atoms with E-state index in [1.165, 1.54) is 64.5 Å². The summed E-state index contributed by atoms with van der Waals surface area (Å²) in [4.78, 5) is 2.77. The summed E-state index contributed by atoms with van der Waals surface area (Å²) in [5, 5.41) is 0. The Morgan fingerprint density at radius 3 is 2.38 bits per heavy atom. The molecule has 1 aliphatic carbocycles. The number of hydrogen-bond acceptors (Lipinski definition) is 2. The molecule has 0 bridgehead atoms. The Hall–Kier alpha value is -0.0800. The van der Waals surface area contributed by atoms with Crippen LogP contribution >= 0.6 is 0 Å². The van der Waals surface area contributed by atoms with Crippen molar-refractivity contribution in [3.8, 4) is 0 Å². The van der Waals surface area contributed by atoms with Crippen LogP contribution in [0.15, 0.2) is 0 Å². The molecule has 2 aliphatic rings. The second-order valence-corrected chi connectivity index (χ2v) is 5.71. The lowest BCUT2D eigenvalue weighted by atomic mass is 9.83. The fourth-order valence-corrected chi connectivity index (χ4v) is 4.04. The van der Waals surface area contributed by atoms with Gasteiger partial charge in [-0.3, -0.25) is 4.90 Å². The van der Waals surface area contributed by atoms with Gasteiger partial charge in [-0.1, -0.05) is 32.6 Å². The zero-order valence-electron chi connectivity index (χ0n) is 10.9. The van der Waals surface area contributed by atoms with Gasteiger partial charge in [0.05, 0.1) is 0 Å². The summed E-state index contributed by atoms with van der Waals surface area (Å²) in [7, 11) is 0. The van der Waals surface area contributed by atoms with Crippen LogP contribution in [-0.4, -0.2) is 30.1 Å². The summed E-state index contributed by atoms with van der Waals surface area (Å²) >= 11 is 0. The van der Waals surface area contributed by atoms with Gasteiger partial charge >= 0.3 is 0 Å². The van der Waals surface area contributed by atoms with Crippen LogP contribution in [0.5, 0.6) is 0 Å². The summed E-state index contributed by atoms with van der Waals surface area (Å²) in [6.07, 6.45) is 11.1. The lowest BCUT2D eigenvalue weighted by Gasteiger charge is -2.44. The molecule has 2 rings (SSSR count). The summed E-state index contributed by atoms with van der Waals surface area (Å²) in [6.45, 7) is 5.82. The Morgan fingerprint density at radius 2 is 1.81 bits per heavy atom. The van der Waals surface area contributed by atoms with Crippen molar-refractivity contribution in [3.05, 3.63) is 0 Å². The van der Waals surface area contributed by atoms with Crippen LogP contribution < -0.4 is 5.73 Å². The highest BCUT2D eigenvalue weighted by Crippen LogP contribution is 2.42. The van der Waals surface area contributed by atoms with Gasteiger partial charge in [-0.25, -0.2) is 0 Å². The van der Waals surface area contributed by atoms with Gasteiger partial charge in [0, 0.05) is 12.1 Å². The van der Waals surface area contributed by atoms with E-state index in [4.69, 9.17) is 5.73 Å². The van der Waals surface area contributed by atoms with E-state index in [0.29, 0.717) is 5.54 Å². The van der Waals surface area contributed by atoms with Crippen molar-refractivity contribution in [2.45, 2.75) is 63.8 Å². The number of hydrogen-bond donors (Lipinski definition) is 1. The zero-order valence-corrected chi connectivity index (χ0v) is 10.9. The van der Waals surface area contributed by atoms with Crippen molar-refractivity contribution in [3.63, 3.8) is 0 Å². The van der Waals surface area contributed by atoms with E-state index in [0.717, 1.165) is 12.5 Å². The third-order valence-electron chi connectivity index (χ3n) is 5.00. The van der Waals surface area contributed by atoms with Gasteiger partial charge < -0.3 is 5.73 Å². The quantitative estimate of drug-likeness (QED) is 0.798. The third-order valence-corrected chi connectivity index (χ3v) is 5.00. The first-order valence-corrected chi connectivity index (χ1v) is 7.28. The topological polar surface area (TPSA) is 29.3 Å². The second-order valence-electron chi connectivity index (χ2n) is 5.71.